The summed E-state index contributed by atoms with van der Waals surface area (Å²) in [6, 6.07) is 10.2. The topological polar surface area (TPSA) is 53.9 Å². The van der Waals surface area contributed by atoms with Crippen LogP contribution in [0.4, 0.5) is 0 Å². The van der Waals surface area contributed by atoms with Crippen LogP contribution in [0, 0.1) is 0 Å². The summed E-state index contributed by atoms with van der Waals surface area (Å²) in [6.07, 6.45) is 1.16. The number of hydrogen-bond donors (Lipinski definition) is 1. The van der Waals surface area contributed by atoms with Gasteiger partial charge in [-0.1, -0.05) is 30.3 Å². The fourth-order valence-corrected chi connectivity index (χ4v) is 1.98. The van der Waals surface area contributed by atoms with Crippen LogP contribution in [0.1, 0.15) is 25.3 Å². The Hall–Kier alpha value is -2.04. The summed E-state index contributed by atoms with van der Waals surface area (Å²) in [5.74, 6) is 0.676. The Balaban J connectivity index is 2.32. The fraction of sp³-hybridized carbons (Fsp3) is 0.500. The quantitative estimate of drug-likeness (QED) is 0.361. The molecule has 0 saturated carbocycles. The number of nitrogens with one attached hydrogen (secondary N) is 1. The molecule has 0 radical (unpaired) electrons. The first kappa shape index (κ1) is 17.0. The number of carbonyl (C=O) groups is 1. The van der Waals surface area contributed by atoms with Crippen molar-refractivity contribution in [2.24, 2.45) is 4.99 Å². The van der Waals surface area contributed by atoms with Crippen LogP contribution < -0.4 is 5.32 Å². The van der Waals surface area contributed by atoms with Gasteiger partial charge in [0, 0.05) is 33.6 Å². The SMILES string of the molecule is CCOC(=O)CCCNC(=NC)N(C)Cc1ccccc1. The Morgan fingerprint density at radius 1 is 1.33 bits per heavy atom. The molecular weight excluding hydrogens is 266 g/mol. The molecule has 0 fully saturated rings. The van der Waals surface area contributed by atoms with Gasteiger partial charge >= 0.3 is 5.97 Å². The maximum atomic E-state index is 11.2. The van der Waals surface area contributed by atoms with Crippen LogP contribution in [-0.4, -0.2) is 44.1 Å². The molecular formula is C16H25N3O2. The Kier molecular flexibility index (Phi) is 7.94. The van der Waals surface area contributed by atoms with Crippen molar-refractivity contribution in [3.8, 4) is 0 Å². The molecule has 5 heteroatoms. The van der Waals surface area contributed by atoms with Crippen molar-refractivity contribution >= 4 is 11.9 Å². The lowest BCUT2D eigenvalue weighted by molar-refractivity contribution is -0.143. The van der Waals surface area contributed by atoms with E-state index in [-0.39, 0.29) is 5.97 Å². The summed E-state index contributed by atoms with van der Waals surface area (Å²) in [7, 11) is 3.75. The smallest absolute Gasteiger partial charge is 0.305 e. The van der Waals surface area contributed by atoms with Gasteiger partial charge < -0.3 is 15.0 Å². The molecule has 1 N–H and O–H groups in total. The second-order valence-corrected chi connectivity index (χ2v) is 4.72. The molecule has 0 bridgehead atoms. The van der Waals surface area contributed by atoms with E-state index < -0.39 is 0 Å². The highest BCUT2D eigenvalue weighted by Gasteiger charge is 2.07. The third kappa shape index (κ3) is 6.79. The van der Waals surface area contributed by atoms with Gasteiger partial charge in [0.05, 0.1) is 6.61 Å². The number of benzene rings is 1. The average molecular weight is 291 g/mol. The lowest BCUT2D eigenvalue weighted by atomic mass is 10.2. The second kappa shape index (κ2) is 9.80. The first-order valence-electron chi connectivity index (χ1n) is 7.28. The molecule has 0 unspecified atom stereocenters. The number of rotatable bonds is 7. The largest absolute Gasteiger partial charge is 0.466 e. The Morgan fingerprint density at radius 3 is 2.67 bits per heavy atom. The molecule has 0 spiro atoms. The van der Waals surface area contributed by atoms with Crippen molar-refractivity contribution in [3.63, 3.8) is 0 Å². The van der Waals surface area contributed by atoms with E-state index in [0.29, 0.717) is 19.6 Å². The second-order valence-electron chi connectivity index (χ2n) is 4.72. The van der Waals surface area contributed by atoms with E-state index in [2.05, 4.69) is 27.3 Å². The lowest BCUT2D eigenvalue weighted by Crippen LogP contribution is -2.39. The normalized spacial score (nSPS) is 11.1. The van der Waals surface area contributed by atoms with E-state index >= 15 is 0 Å². The summed E-state index contributed by atoms with van der Waals surface area (Å²) in [6.45, 7) is 3.74. The number of nitrogens with zero attached hydrogens (tertiary/aromatic N) is 2. The van der Waals surface area contributed by atoms with Crippen molar-refractivity contribution in [1.29, 1.82) is 0 Å². The molecule has 0 aromatic heterocycles. The maximum absolute atomic E-state index is 11.2. The highest BCUT2D eigenvalue weighted by molar-refractivity contribution is 5.79. The van der Waals surface area contributed by atoms with Crippen molar-refractivity contribution in [3.05, 3.63) is 35.9 Å². The van der Waals surface area contributed by atoms with Gasteiger partial charge in [0.1, 0.15) is 0 Å². The third-order valence-corrected chi connectivity index (χ3v) is 2.98. The zero-order chi connectivity index (χ0) is 15.5. The lowest BCUT2D eigenvalue weighted by Gasteiger charge is -2.22. The van der Waals surface area contributed by atoms with Crippen LogP contribution in [0.2, 0.25) is 0 Å². The number of hydrogen-bond acceptors (Lipinski definition) is 3. The zero-order valence-electron chi connectivity index (χ0n) is 13.1. The minimum atomic E-state index is -0.146. The van der Waals surface area contributed by atoms with Gasteiger partial charge in [-0.05, 0) is 18.9 Å². The van der Waals surface area contributed by atoms with E-state index in [1.165, 1.54) is 5.56 Å². The molecule has 5 nitrogen and oxygen atoms in total. The van der Waals surface area contributed by atoms with Crippen LogP contribution in [0.5, 0.6) is 0 Å². The van der Waals surface area contributed by atoms with Crippen LogP contribution in [0.15, 0.2) is 35.3 Å². The van der Waals surface area contributed by atoms with Crippen molar-refractivity contribution in [2.75, 3.05) is 27.2 Å². The highest BCUT2D eigenvalue weighted by atomic mass is 16.5. The highest BCUT2D eigenvalue weighted by Crippen LogP contribution is 2.02. The molecule has 116 valence electrons. The van der Waals surface area contributed by atoms with E-state index in [9.17, 15) is 4.79 Å². The average Bonchev–Trinajstić information content (AvgIpc) is 2.48. The molecule has 0 amide bonds. The first-order valence-corrected chi connectivity index (χ1v) is 7.28. The number of esters is 1. The summed E-state index contributed by atoms with van der Waals surface area (Å²) in [4.78, 5) is 17.5. The Labute approximate surface area is 127 Å². The molecule has 21 heavy (non-hydrogen) atoms. The summed E-state index contributed by atoms with van der Waals surface area (Å²) >= 11 is 0. The van der Waals surface area contributed by atoms with Crippen molar-refractivity contribution in [2.45, 2.75) is 26.3 Å². The summed E-state index contributed by atoms with van der Waals surface area (Å²) in [5.41, 5.74) is 1.23. The van der Waals surface area contributed by atoms with Gasteiger partial charge in [0.25, 0.3) is 0 Å². The molecule has 0 heterocycles. The Morgan fingerprint density at radius 2 is 2.05 bits per heavy atom. The minimum Gasteiger partial charge on any atom is -0.466 e. The molecule has 1 aromatic carbocycles. The number of guanidine groups is 1. The first-order chi connectivity index (χ1) is 10.2. The van der Waals surface area contributed by atoms with E-state index in [1.807, 2.05) is 32.2 Å². The number of aliphatic imine (C=N–C) groups is 1. The van der Waals surface area contributed by atoms with Gasteiger partial charge in [-0.3, -0.25) is 9.79 Å². The number of carbonyl (C=O) groups excluding carboxylic acids is 1. The minimum absolute atomic E-state index is 0.146. The van der Waals surface area contributed by atoms with Gasteiger partial charge in [0.2, 0.25) is 0 Å². The van der Waals surface area contributed by atoms with E-state index in [0.717, 1.165) is 18.9 Å². The van der Waals surface area contributed by atoms with Crippen molar-refractivity contribution < 1.29 is 9.53 Å². The van der Waals surface area contributed by atoms with Crippen molar-refractivity contribution in [1.82, 2.24) is 10.2 Å². The molecule has 0 saturated heterocycles. The van der Waals surface area contributed by atoms with Gasteiger partial charge in [-0.15, -0.1) is 0 Å². The maximum Gasteiger partial charge on any atom is 0.305 e. The van der Waals surface area contributed by atoms with Gasteiger partial charge in [-0.25, -0.2) is 0 Å². The van der Waals surface area contributed by atoms with E-state index in [1.54, 1.807) is 7.05 Å². The molecule has 0 aliphatic carbocycles. The zero-order valence-corrected chi connectivity index (χ0v) is 13.1. The number of ether oxygens (including phenoxy) is 1. The van der Waals surface area contributed by atoms with Crippen LogP contribution in [0.25, 0.3) is 0 Å². The molecule has 0 atom stereocenters. The van der Waals surface area contributed by atoms with Crippen LogP contribution in [-0.2, 0) is 16.1 Å². The predicted molar refractivity (Wildman–Crippen MR) is 85.1 cm³/mol. The van der Waals surface area contributed by atoms with Gasteiger partial charge in [-0.2, -0.15) is 0 Å². The summed E-state index contributed by atoms with van der Waals surface area (Å²) in [5, 5.41) is 3.26. The third-order valence-electron chi connectivity index (χ3n) is 2.98. The molecule has 1 aromatic rings. The molecule has 1 rings (SSSR count). The standard InChI is InChI=1S/C16H25N3O2/c1-4-21-15(20)11-8-12-18-16(17-2)19(3)13-14-9-6-5-7-10-14/h5-7,9-10H,4,8,11-13H2,1-3H3,(H,17,18). The fourth-order valence-electron chi connectivity index (χ4n) is 1.98. The predicted octanol–water partition coefficient (Wildman–Crippen LogP) is 2.04. The molecule has 0 aliphatic rings. The summed E-state index contributed by atoms with van der Waals surface area (Å²) < 4.78 is 4.89. The molecule has 0 aliphatic heterocycles. The Bertz CT molecular complexity index is 446. The monoisotopic (exact) mass is 291 g/mol. The van der Waals surface area contributed by atoms with Crippen LogP contribution in [0.3, 0.4) is 0 Å². The van der Waals surface area contributed by atoms with E-state index in [4.69, 9.17) is 4.74 Å². The van der Waals surface area contributed by atoms with Crippen LogP contribution >= 0.6 is 0 Å². The van der Waals surface area contributed by atoms with Gasteiger partial charge in [0.15, 0.2) is 5.96 Å².